The van der Waals surface area contributed by atoms with Crippen molar-refractivity contribution >= 4 is 28.4 Å². The fraction of sp³-hybridized carbons (Fsp3) is 0.375. The fourth-order valence-electron chi connectivity index (χ4n) is 5.13. The van der Waals surface area contributed by atoms with E-state index in [9.17, 15) is 19.4 Å². The zero-order valence-electron chi connectivity index (χ0n) is 23.6. The molecule has 1 atom stereocenters. The highest BCUT2D eigenvalue weighted by molar-refractivity contribution is 6.34. The number of carbonyl (C=O) groups excluding carboxylic acids is 1. The SMILES string of the molecule is Cc1cc2cc(C(=O)NC[C@](O)(c3cc(C(C)(C)O)c(Cl)c(-c4ccc(F)cc4)n3)C3CC3)cc(OC3CC3)c2nn1. The number of rotatable bonds is 9. The number of aromatic nitrogens is 3. The van der Waals surface area contributed by atoms with Crippen molar-refractivity contribution in [2.24, 2.45) is 5.92 Å². The molecule has 2 aromatic carbocycles. The first-order valence-corrected chi connectivity index (χ1v) is 14.5. The number of aryl methyl sites for hydroxylation is 1. The third-order valence-corrected chi connectivity index (χ3v) is 8.19. The molecule has 3 N–H and O–H groups in total. The largest absolute Gasteiger partial charge is 0.488 e. The molecule has 0 radical (unpaired) electrons. The molecule has 8 nitrogen and oxygen atoms in total. The van der Waals surface area contributed by atoms with Crippen LogP contribution in [0, 0.1) is 18.7 Å². The second kappa shape index (κ2) is 10.6. The first-order valence-electron chi connectivity index (χ1n) is 14.1. The molecule has 2 aliphatic rings. The fourth-order valence-corrected chi connectivity index (χ4v) is 5.57. The van der Waals surface area contributed by atoms with Crippen molar-refractivity contribution in [1.29, 1.82) is 0 Å². The third kappa shape index (κ3) is 5.69. The van der Waals surface area contributed by atoms with Gasteiger partial charge >= 0.3 is 0 Å². The van der Waals surface area contributed by atoms with E-state index in [2.05, 4.69) is 15.5 Å². The summed E-state index contributed by atoms with van der Waals surface area (Å²) < 4.78 is 19.7. The number of carbonyl (C=O) groups is 1. The highest BCUT2D eigenvalue weighted by atomic mass is 35.5. The van der Waals surface area contributed by atoms with Crippen LogP contribution in [0.3, 0.4) is 0 Å². The summed E-state index contributed by atoms with van der Waals surface area (Å²) in [5.41, 5.74) is 0.267. The first kappa shape index (κ1) is 28.5. The lowest BCUT2D eigenvalue weighted by Gasteiger charge is -2.31. The Morgan fingerprint density at radius 3 is 2.43 bits per heavy atom. The topological polar surface area (TPSA) is 117 Å². The minimum absolute atomic E-state index is 0.103. The maximum absolute atomic E-state index is 13.7. The van der Waals surface area contributed by atoms with Gasteiger partial charge in [-0.2, -0.15) is 5.10 Å². The number of benzene rings is 2. The lowest BCUT2D eigenvalue weighted by atomic mass is 9.88. The molecule has 0 saturated heterocycles. The van der Waals surface area contributed by atoms with Gasteiger partial charge in [0.1, 0.15) is 22.7 Å². The van der Waals surface area contributed by atoms with Gasteiger partial charge in [-0.15, -0.1) is 5.10 Å². The highest BCUT2D eigenvalue weighted by Crippen LogP contribution is 2.47. The Kier molecular flexibility index (Phi) is 7.15. The molecule has 2 aliphatic carbocycles. The molecule has 0 bridgehead atoms. The second-order valence-electron chi connectivity index (χ2n) is 11.9. The van der Waals surface area contributed by atoms with Gasteiger partial charge in [-0.05, 0) is 101 Å². The van der Waals surface area contributed by atoms with Gasteiger partial charge in [0.15, 0.2) is 0 Å². The van der Waals surface area contributed by atoms with E-state index in [0.717, 1.165) is 31.1 Å². The molecule has 2 saturated carbocycles. The molecule has 2 aromatic heterocycles. The summed E-state index contributed by atoms with van der Waals surface area (Å²) in [6, 6.07) is 12.5. The van der Waals surface area contributed by atoms with Crippen molar-refractivity contribution in [1.82, 2.24) is 20.5 Å². The molecule has 218 valence electrons. The van der Waals surface area contributed by atoms with Crippen molar-refractivity contribution in [3.8, 4) is 17.0 Å². The average Bonchev–Trinajstić information content (AvgIpc) is 3.86. The zero-order chi connectivity index (χ0) is 29.8. The monoisotopic (exact) mass is 590 g/mol. The van der Waals surface area contributed by atoms with Gasteiger partial charge in [0, 0.05) is 22.1 Å². The Morgan fingerprint density at radius 2 is 1.79 bits per heavy atom. The lowest BCUT2D eigenvalue weighted by Crippen LogP contribution is -2.43. The lowest BCUT2D eigenvalue weighted by molar-refractivity contribution is 0.00889. The van der Waals surface area contributed by atoms with E-state index >= 15 is 0 Å². The number of hydrogen-bond acceptors (Lipinski definition) is 7. The van der Waals surface area contributed by atoms with Crippen LogP contribution in [0.2, 0.25) is 5.02 Å². The number of nitrogens with one attached hydrogen (secondary N) is 1. The van der Waals surface area contributed by atoms with Gasteiger partial charge in [0.05, 0.1) is 40.4 Å². The second-order valence-corrected chi connectivity index (χ2v) is 12.3. The maximum atomic E-state index is 13.7. The van der Waals surface area contributed by atoms with Gasteiger partial charge in [0.25, 0.3) is 5.91 Å². The van der Waals surface area contributed by atoms with Gasteiger partial charge in [-0.1, -0.05) is 11.6 Å². The summed E-state index contributed by atoms with van der Waals surface area (Å²) in [5, 5.41) is 35.3. The van der Waals surface area contributed by atoms with Gasteiger partial charge in [0.2, 0.25) is 0 Å². The Morgan fingerprint density at radius 1 is 1.07 bits per heavy atom. The Labute approximate surface area is 247 Å². The van der Waals surface area contributed by atoms with E-state index in [1.807, 2.05) is 13.0 Å². The van der Waals surface area contributed by atoms with Crippen LogP contribution in [0.1, 0.15) is 66.8 Å². The zero-order valence-corrected chi connectivity index (χ0v) is 24.4. The van der Waals surface area contributed by atoms with E-state index in [4.69, 9.17) is 21.3 Å². The summed E-state index contributed by atoms with van der Waals surface area (Å²) in [5.74, 6) is -0.456. The third-order valence-electron chi connectivity index (χ3n) is 7.81. The van der Waals surface area contributed by atoms with Crippen molar-refractivity contribution < 1.29 is 24.1 Å². The number of hydrogen-bond donors (Lipinski definition) is 3. The van der Waals surface area contributed by atoms with Gasteiger partial charge < -0.3 is 20.3 Å². The van der Waals surface area contributed by atoms with E-state index in [1.54, 1.807) is 44.2 Å². The maximum Gasteiger partial charge on any atom is 0.251 e. The van der Waals surface area contributed by atoms with Gasteiger partial charge in [-0.3, -0.25) is 4.79 Å². The number of nitrogens with zero attached hydrogens (tertiary/aromatic N) is 3. The molecule has 6 rings (SSSR count). The number of pyridine rings is 1. The number of fused-ring (bicyclic) bond motifs is 1. The normalized spacial score (nSPS) is 16.7. The Balaban J connectivity index is 1.35. The minimum atomic E-state index is -1.54. The summed E-state index contributed by atoms with van der Waals surface area (Å²) in [4.78, 5) is 18.3. The van der Waals surface area contributed by atoms with Crippen LogP contribution in [0.25, 0.3) is 22.2 Å². The van der Waals surface area contributed by atoms with Crippen molar-refractivity contribution in [2.45, 2.75) is 63.8 Å². The molecule has 10 heteroatoms. The van der Waals surface area contributed by atoms with Crippen LogP contribution < -0.4 is 10.1 Å². The van der Waals surface area contributed by atoms with Crippen LogP contribution in [0.5, 0.6) is 5.75 Å². The summed E-state index contributed by atoms with van der Waals surface area (Å²) in [6.45, 7) is 4.90. The molecule has 42 heavy (non-hydrogen) atoms. The average molecular weight is 591 g/mol. The minimum Gasteiger partial charge on any atom is -0.488 e. The number of amides is 1. The first-order chi connectivity index (χ1) is 19.9. The molecule has 4 aromatic rings. The summed E-state index contributed by atoms with van der Waals surface area (Å²) in [6.07, 6.45) is 3.49. The molecule has 0 aliphatic heterocycles. The van der Waals surface area contributed by atoms with E-state index in [0.29, 0.717) is 39.3 Å². The van der Waals surface area contributed by atoms with Crippen LogP contribution >= 0.6 is 11.6 Å². The standard InChI is InChI=1S/C32H32ClFN4O4/c1-17-12-19-13-20(14-25(28(19)38-37-17)42-23-10-11-23)30(39)35-16-32(41,21-6-7-21)26-15-24(31(2,3)40)27(33)29(36-26)18-4-8-22(34)9-5-18/h4-5,8-9,12-15,21,23,40-41H,6-7,10-11,16H2,1-3H3,(H,35,39)/t32-/m1/s1. The Hall–Kier alpha value is -3.66. The Bertz CT molecular complexity index is 1680. The van der Waals surface area contributed by atoms with Crippen LogP contribution in [-0.2, 0) is 11.2 Å². The molecule has 2 heterocycles. The van der Waals surface area contributed by atoms with Crippen molar-refractivity contribution in [2.75, 3.05) is 6.54 Å². The van der Waals surface area contributed by atoms with E-state index in [-0.39, 0.29) is 35.2 Å². The predicted molar refractivity (Wildman–Crippen MR) is 157 cm³/mol. The molecule has 0 unspecified atom stereocenters. The van der Waals surface area contributed by atoms with Crippen LogP contribution in [-0.4, -0.2) is 44.0 Å². The highest BCUT2D eigenvalue weighted by Gasteiger charge is 2.47. The summed E-state index contributed by atoms with van der Waals surface area (Å²) in [7, 11) is 0. The smallest absolute Gasteiger partial charge is 0.251 e. The number of ether oxygens (including phenoxy) is 1. The number of aliphatic hydroxyl groups is 2. The van der Waals surface area contributed by atoms with Gasteiger partial charge in [-0.25, -0.2) is 9.37 Å². The molecular weight excluding hydrogens is 559 g/mol. The molecule has 1 amide bonds. The van der Waals surface area contributed by atoms with Crippen molar-refractivity contribution in [3.05, 3.63) is 81.9 Å². The summed E-state index contributed by atoms with van der Waals surface area (Å²) >= 11 is 6.72. The van der Waals surface area contributed by atoms with E-state index in [1.165, 1.54) is 12.1 Å². The quantitative estimate of drug-likeness (QED) is 0.233. The van der Waals surface area contributed by atoms with E-state index < -0.39 is 17.0 Å². The number of halogens is 2. The van der Waals surface area contributed by atoms with Crippen LogP contribution in [0.15, 0.2) is 48.5 Å². The predicted octanol–water partition coefficient (Wildman–Crippen LogP) is 5.59. The molecule has 0 spiro atoms. The van der Waals surface area contributed by atoms with Crippen molar-refractivity contribution in [3.63, 3.8) is 0 Å². The molecule has 2 fully saturated rings. The molecular formula is C32H32ClFN4O4. The van der Waals surface area contributed by atoms with Crippen LogP contribution in [0.4, 0.5) is 4.39 Å².